The van der Waals surface area contributed by atoms with E-state index in [-0.39, 0.29) is 42.0 Å². The number of para-hydroxylation sites is 2. The predicted molar refractivity (Wildman–Crippen MR) is 182 cm³/mol. The molecule has 1 atom stereocenters. The maximum absolute atomic E-state index is 14.6. The lowest BCUT2D eigenvalue weighted by atomic mass is 10.0. The SMILES string of the molecule is CCOc1ccccc1N(CC(=O)N(Cc1ccccc1)[C@@H](Cc1ccccc1)C(=O)NCC(C)C)S(=O)(=O)c1ccc(Cl)cc1. The van der Waals surface area contributed by atoms with E-state index in [1.54, 1.807) is 31.2 Å². The quantitative estimate of drug-likeness (QED) is 0.160. The zero-order chi connectivity index (χ0) is 33.1. The predicted octanol–water partition coefficient (Wildman–Crippen LogP) is 6.35. The van der Waals surface area contributed by atoms with Crippen molar-refractivity contribution in [1.29, 1.82) is 0 Å². The van der Waals surface area contributed by atoms with Crippen molar-refractivity contribution >= 4 is 39.1 Å². The molecule has 2 amide bonds. The maximum atomic E-state index is 14.6. The van der Waals surface area contributed by atoms with Crippen LogP contribution in [0.2, 0.25) is 5.02 Å². The van der Waals surface area contributed by atoms with Gasteiger partial charge in [0.05, 0.1) is 17.2 Å². The van der Waals surface area contributed by atoms with Crippen molar-refractivity contribution < 1.29 is 22.7 Å². The second kappa shape index (κ2) is 16.3. The number of carbonyl (C=O) groups excluding carboxylic acids is 2. The number of amides is 2. The Balaban J connectivity index is 1.82. The van der Waals surface area contributed by atoms with E-state index in [1.807, 2.05) is 74.5 Å². The van der Waals surface area contributed by atoms with Crippen LogP contribution in [-0.2, 0) is 32.6 Å². The average molecular weight is 662 g/mol. The minimum Gasteiger partial charge on any atom is -0.492 e. The third kappa shape index (κ3) is 9.11. The van der Waals surface area contributed by atoms with Crippen LogP contribution in [0.15, 0.2) is 114 Å². The van der Waals surface area contributed by atoms with Gasteiger partial charge in [0.25, 0.3) is 10.0 Å². The number of rotatable bonds is 15. The third-order valence-electron chi connectivity index (χ3n) is 7.27. The van der Waals surface area contributed by atoms with Gasteiger partial charge in [-0.05, 0) is 60.4 Å². The lowest BCUT2D eigenvalue weighted by Gasteiger charge is -2.34. The van der Waals surface area contributed by atoms with Crippen molar-refractivity contribution in [2.24, 2.45) is 5.92 Å². The highest BCUT2D eigenvalue weighted by molar-refractivity contribution is 7.92. The highest BCUT2D eigenvalue weighted by Crippen LogP contribution is 2.33. The van der Waals surface area contributed by atoms with E-state index < -0.39 is 28.5 Å². The molecule has 0 fully saturated rings. The first-order valence-corrected chi connectivity index (χ1v) is 17.1. The van der Waals surface area contributed by atoms with E-state index in [4.69, 9.17) is 16.3 Å². The highest BCUT2D eigenvalue weighted by Gasteiger charge is 2.35. The van der Waals surface area contributed by atoms with Gasteiger partial charge in [0.1, 0.15) is 18.3 Å². The third-order valence-corrected chi connectivity index (χ3v) is 9.29. The van der Waals surface area contributed by atoms with Crippen LogP contribution in [0.1, 0.15) is 31.9 Å². The first-order chi connectivity index (χ1) is 22.1. The second-order valence-corrected chi connectivity index (χ2v) is 13.5. The Kier molecular flexibility index (Phi) is 12.2. The molecule has 0 saturated carbocycles. The Labute approximate surface area is 277 Å². The number of benzene rings is 4. The van der Waals surface area contributed by atoms with Gasteiger partial charge in [-0.15, -0.1) is 0 Å². The fourth-order valence-corrected chi connectivity index (χ4v) is 6.50. The van der Waals surface area contributed by atoms with Crippen LogP contribution in [-0.4, -0.2) is 50.9 Å². The Morgan fingerprint density at radius 2 is 1.41 bits per heavy atom. The summed E-state index contributed by atoms with van der Waals surface area (Å²) in [7, 11) is -4.29. The number of nitrogens with zero attached hydrogens (tertiary/aromatic N) is 2. The molecule has 0 radical (unpaired) electrons. The van der Waals surface area contributed by atoms with Crippen LogP contribution in [0.25, 0.3) is 0 Å². The zero-order valence-corrected chi connectivity index (χ0v) is 27.9. The fraction of sp³-hybridized carbons (Fsp3) is 0.278. The molecule has 0 aliphatic rings. The monoisotopic (exact) mass is 661 g/mol. The van der Waals surface area contributed by atoms with Gasteiger partial charge >= 0.3 is 0 Å². The summed E-state index contributed by atoms with van der Waals surface area (Å²) in [6, 6.07) is 30.3. The highest BCUT2D eigenvalue weighted by atomic mass is 35.5. The van der Waals surface area contributed by atoms with Crippen molar-refractivity contribution in [1.82, 2.24) is 10.2 Å². The molecule has 4 aromatic rings. The van der Waals surface area contributed by atoms with Crippen molar-refractivity contribution in [2.45, 2.75) is 44.7 Å². The summed E-state index contributed by atoms with van der Waals surface area (Å²) in [5.41, 5.74) is 1.87. The average Bonchev–Trinajstić information content (AvgIpc) is 3.05. The van der Waals surface area contributed by atoms with Crippen LogP contribution in [0.5, 0.6) is 5.75 Å². The minimum absolute atomic E-state index is 0.0406. The number of hydrogen-bond acceptors (Lipinski definition) is 5. The van der Waals surface area contributed by atoms with Gasteiger partial charge in [-0.1, -0.05) is 98.2 Å². The topological polar surface area (TPSA) is 96.0 Å². The van der Waals surface area contributed by atoms with Gasteiger partial charge in [-0.3, -0.25) is 13.9 Å². The van der Waals surface area contributed by atoms with E-state index in [0.29, 0.717) is 17.3 Å². The Bertz CT molecular complexity index is 1680. The second-order valence-electron chi connectivity index (χ2n) is 11.2. The van der Waals surface area contributed by atoms with Gasteiger partial charge < -0.3 is 15.0 Å². The van der Waals surface area contributed by atoms with Crippen molar-refractivity contribution in [2.75, 3.05) is 24.0 Å². The molecule has 0 aromatic heterocycles. The molecule has 0 spiro atoms. The van der Waals surface area contributed by atoms with Crippen molar-refractivity contribution in [3.63, 3.8) is 0 Å². The molecule has 0 heterocycles. The normalized spacial score (nSPS) is 11.9. The van der Waals surface area contributed by atoms with Crippen LogP contribution >= 0.6 is 11.6 Å². The molecule has 1 N–H and O–H groups in total. The summed E-state index contributed by atoms with van der Waals surface area (Å²) >= 11 is 6.08. The number of halogens is 1. The number of sulfonamides is 1. The van der Waals surface area contributed by atoms with Crippen molar-refractivity contribution in [3.8, 4) is 5.75 Å². The van der Waals surface area contributed by atoms with Crippen LogP contribution in [0.3, 0.4) is 0 Å². The fourth-order valence-electron chi connectivity index (χ4n) is 4.94. The molecular weight excluding hydrogens is 622 g/mol. The summed E-state index contributed by atoms with van der Waals surface area (Å²) in [5.74, 6) is -0.368. The number of nitrogens with one attached hydrogen (secondary N) is 1. The largest absolute Gasteiger partial charge is 0.492 e. The smallest absolute Gasteiger partial charge is 0.264 e. The minimum atomic E-state index is -4.29. The first-order valence-electron chi connectivity index (χ1n) is 15.2. The molecular formula is C36H40ClN3O5S. The molecule has 10 heteroatoms. The summed E-state index contributed by atoms with van der Waals surface area (Å²) in [5, 5.41) is 3.38. The zero-order valence-electron chi connectivity index (χ0n) is 26.3. The molecule has 0 aliphatic carbocycles. The lowest BCUT2D eigenvalue weighted by molar-refractivity contribution is -0.140. The van der Waals surface area contributed by atoms with E-state index in [0.717, 1.165) is 15.4 Å². The Morgan fingerprint density at radius 3 is 2.02 bits per heavy atom. The lowest BCUT2D eigenvalue weighted by Crippen LogP contribution is -2.53. The van der Waals surface area contributed by atoms with Gasteiger partial charge in [-0.2, -0.15) is 0 Å². The standard InChI is InChI=1S/C36H40ClN3O5S/c1-4-45-34-18-12-11-17-32(34)40(46(43,44)31-21-19-30(37)20-22-31)26-35(41)39(25-29-15-9-6-10-16-29)33(36(42)38-24-27(2)3)23-28-13-7-5-8-14-28/h5-22,27,33H,4,23-26H2,1-3H3,(H,38,42)/t33-/m0/s1. The summed E-state index contributed by atoms with van der Waals surface area (Å²) in [4.78, 5) is 29.9. The van der Waals surface area contributed by atoms with E-state index in [9.17, 15) is 18.0 Å². The van der Waals surface area contributed by atoms with Crippen LogP contribution in [0.4, 0.5) is 5.69 Å². The molecule has 4 rings (SSSR count). The van der Waals surface area contributed by atoms with Crippen LogP contribution < -0.4 is 14.4 Å². The summed E-state index contributed by atoms with van der Waals surface area (Å²) < 4.78 is 35.4. The van der Waals surface area contributed by atoms with E-state index in [1.165, 1.54) is 29.2 Å². The van der Waals surface area contributed by atoms with E-state index >= 15 is 0 Å². The van der Waals surface area contributed by atoms with Crippen molar-refractivity contribution in [3.05, 3.63) is 125 Å². The maximum Gasteiger partial charge on any atom is 0.264 e. The molecule has 0 aliphatic heterocycles. The van der Waals surface area contributed by atoms with E-state index in [2.05, 4.69) is 5.32 Å². The number of ether oxygens (including phenoxy) is 1. The van der Waals surface area contributed by atoms with Gasteiger partial charge in [0, 0.05) is 24.5 Å². The number of anilines is 1. The Hall–Kier alpha value is -4.34. The first kappa shape index (κ1) is 34.5. The van der Waals surface area contributed by atoms with Gasteiger partial charge in [-0.25, -0.2) is 8.42 Å². The number of carbonyl (C=O) groups is 2. The molecule has 0 saturated heterocycles. The van der Waals surface area contributed by atoms with Crippen LogP contribution in [0, 0.1) is 5.92 Å². The molecule has 4 aromatic carbocycles. The molecule has 0 bridgehead atoms. The van der Waals surface area contributed by atoms with Gasteiger partial charge in [0.2, 0.25) is 11.8 Å². The molecule has 46 heavy (non-hydrogen) atoms. The number of hydrogen-bond donors (Lipinski definition) is 1. The molecule has 242 valence electrons. The Morgan fingerprint density at radius 1 is 0.826 bits per heavy atom. The summed E-state index contributed by atoms with van der Waals surface area (Å²) in [6.07, 6.45) is 0.239. The molecule has 0 unspecified atom stereocenters. The molecule has 8 nitrogen and oxygen atoms in total. The van der Waals surface area contributed by atoms with Gasteiger partial charge in [0.15, 0.2) is 0 Å². The summed E-state index contributed by atoms with van der Waals surface area (Å²) in [6.45, 7) is 6.01.